The lowest BCUT2D eigenvalue weighted by molar-refractivity contribution is 0.0948. The summed E-state index contributed by atoms with van der Waals surface area (Å²) < 4.78 is 28.8. The number of hydrogen-bond acceptors (Lipinski definition) is 5. The highest BCUT2D eigenvalue weighted by molar-refractivity contribution is 7.91. The zero-order valence-electron chi connectivity index (χ0n) is 15.4. The first-order valence-corrected chi connectivity index (χ1v) is 11.2. The zero-order chi connectivity index (χ0) is 19.6. The number of carbonyl (C=O) groups is 1. The van der Waals surface area contributed by atoms with Crippen LogP contribution in [0.2, 0.25) is 0 Å². The predicted molar refractivity (Wildman–Crippen MR) is 107 cm³/mol. The van der Waals surface area contributed by atoms with Gasteiger partial charge in [-0.1, -0.05) is 30.3 Å². The molecule has 1 N–H and O–H groups in total. The number of sulfone groups is 1. The van der Waals surface area contributed by atoms with Crippen LogP contribution in [0.4, 0.5) is 0 Å². The van der Waals surface area contributed by atoms with Crippen LogP contribution in [0.15, 0.2) is 52.9 Å². The summed E-state index contributed by atoms with van der Waals surface area (Å²) >= 11 is 0. The molecule has 1 aromatic heterocycles. The number of carbonyl (C=O) groups excluding carboxylic acids is 1. The van der Waals surface area contributed by atoms with Crippen molar-refractivity contribution in [2.24, 2.45) is 5.92 Å². The van der Waals surface area contributed by atoms with Crippen molar-refractivity contribution in [3.63, 3.8) is 0 Å². The monoisotopic (exact) mass is 398 g/mol. The van der Waals surface area contributed by atoms with E-state index in [0.29, 0.717) is 41.9 Å². The average molecular weight is 398 g/mol. The molecule has 0 radical (unpaired) electrons. The third-order valence-electron chi connectivity index (χ3n) is 5.04. The highest BCUT2D eigenvalue weighted by Gasteiger charge is 2.28. The van der Waals surface area contributed by atoms with Gasteiger partial charge in [0.25, 0.3) is 5.91 Å². The maximum atomic E-state index is 12.4. The van der Waals surface area contributed by atoms with Gasteiger partial charge in [-0.15, -0.1) is 0 Å². The fraction of sp³-hybridized carbons (Fsp3) is 0.333. The van der Waals surface area contributed by atoms with E-state index in [2.05, 4.69) is 22.4 Å². The van der Waals surface area contributed by atoms with Crippen molar-refractivity contribution in [3.8, 4) is 0 Å². The largest absolute Gasteiger partial charge is 0.441 e. The first-order valence-electron chi connectivity index (χ1n) is 9.40. The van der Waals surface area contributed by atoms with Gasteiger partial charge in [0.2, 0.25) is 0 Å². The molecule has 7 heteroatoms. The quantitative estimate of drug-likeness (QED) is 0.690. The van der Waals surface area contributed by atoms with Gasteiger partial charge in [-0.2, -0.15) is 0 Å². The van der Waals surface area contributed by atoms with Crippen LogP contribution in [-0.2, 0) is 22.7 Å². The molecule has 3 aromatic rings. The first-order chi connectivity index (χ1) is 13.5. The summed E-state index contributed by atoms with van der Waals surface area (Å²) in [7, 11) is -2.93. The summed E-state index contributed by atoms with van der Waals surface area (Å²) in [4.78, 5) is 16.9. The second-order valence-electron chi connectivity index (χ2n) is 7.25. The summed E-state index contributed by atoms with van der Waals surface area (Å²) in [6.07, 6.45) is 2.14. The normalized spacial score (nSPS) is 18.4. The Morgan fingerprint density at radius 1 is 1.14 bits per heavy atom. The van der Waals surface area contributed by atoms with Crippen molar-refractivity contribution in [2.75, 3.05) is 18.1 Å². The molecule has 28 heavy (non-hydrogen) atoms. The Labute approximate surface area is 163 Å². The minimum atomic E-state index is -2.93. The molecule has 2 aromatic carbocycles. The minimum absolute atomic E-state index is 0.00526. The molecule has 146 valence electrons. The standard InChI is InChI=1S/C21H22N2O4S/c24-21(22-13-16-10-11-28(25,26)14-16)17-7-8-19-18(12-17)23-20(27-19)9-6-15-4-2-1-3-5-15/h1-5,7-8,12,16H,6,9-11,13-14H2,(H,22,24). The Morgan fingerprint density at radius 2 is 1.96 bits per heavy atom. The average Bonchev–Trinajstić information content (AvgIpc) is 3.26. The van der Waals surface area contributed by atoms with Crippen LogP contribution in [0.25, 0.3) is 11.1 Å². The van der Waals surface area contributed by atoms with Gasteiger partial charge >= 0.3 is 0 Å². The zero-order valence-corrected chi connectivity index (χ0v) is 16.2. The van der Waals surface area contributed by atoms with E-state index >= 15 is 0 Å². The Kier molecular flexibility index (Phi) is 5.17. The highest BCUT2D eigenvalue weighted by Crippen LogP contribution is 2.20. The first kappa shape index (κ1) is 18.7. The van der Waals surface area contributed by atoms with Crippen LogP contribution in [0, 0.1) is 5.92 Å². The van der Waals surface area contributed by atoms with Gasteiger partial charge in [0.1, 0.15) is 5.52 Å². The Balaban J connectivity index is 1.39. The van der Waals surface area contributed by atoms with Crippen molar-refractivity contribution in [2.45, 2.75) is 19.3 Å². The van der Waals surface area contributed by atoms with E-state index in [1.165, 1.54) is 5.56 Å². The van der Waals surface area contributed by atoms with E-state index in [0.717, 1.165) is 6.42 Å². The molecule has 0 aliphatic carbocycles. The van der Waals surface area contributed by atoms with Crippen LogP contribution in [0.3, 0.4) is 0 Å². The summed E-state index contributed by atoms with van der Waals surface area (Å²) in [6.45, 7) is 0.372. The molecular formula is C21H22N2O4S. The predicted octanol–water partition coefficient (Wildman–Crippen LogP) is 2.78. The summed E-state index contributed by atoms with van der Waals surface area (Å²) in [5.41, 5.74) is 3.02. The van der Waals surface area contributed by atoms with Crippen LogP contribution in [0.1, 0.15) is 28.2 Å². The van der Waals surface area contributed by atoms with E-state index in [9.17, 15) is 13.2 Å². The van der Waals surface area contributed by atoms with Crippen molar-refractivity contribution < 1.29 is 17.6 Å². The van der Waals surface area contributed by atoms with Crippen molar-refractivity contribution >= 4 is 26.8 Å². The third kappa shape index (κ3) is 4.42. The fourth-order valence-electron chi connectivity index (χ4n) is 3.49. The van der Waals surface area contributed by atoms with Gasteiger partial charge in [-0.3, -0.25) is 4.79 Å². The second kappa shape index (κ2) is 7.75. The van der Waals surface area contributed by atoms with E-state index in [4.69, 9.17) is 4.42 Å². The molecule has 2 heterocycles. The summed E-state index contributed by atoms with van der Waals surface area (Å²) in [5, 5.41) is 2.84. The number of aryl methyl sites for hydroxylation is 2. The molecule has 4 rings (SSSR count). The number of aromatic nitrogens is 1. The number of hydrogen-bond donors (Lipinski definition) is 1. The molecule has 0 bridgehead atoms. The molecule has 6 nitrogen and oxygen atoms in total. The molecule has 1 aliphatic heterocycles. The van der Waals surface area contributed by atoms with E-state index in [1.807, 2.05) is 18.2 Å². The molecule has 1 saturated heterocycles. The van der Waals surface area contributed by atoms with Crippen LogP contribution >= 0.6 is 0 Å². The molecular weight excluding hydrogens is 376 g/mol. The molecule has 1 amide bonds. The smallest absolute Gasteiger partial charge is 0.251 e. The van der Waals surface area contributed by atoms with Gasteiger partial charge in [0.15, 0.2) is 21.3 Å². The SMILES string of the molecule is O=C(NCC1CCS(=O)(=O)C1)c1ccc2oc(CCc3ccccc3)nc2c1. The van der Waals surface area contributed by atoms with Gasteiger partial charge in [0, 0.05) is 18.5 Å². The molecule has 1 aliphatic rings. The van der Waals surface area contributed by atoms with Crippen molar-refractivity contribution in [1.82, 2.24) is 10.3 Å². The van der Waals surface area contributed by atoms with E-state index in [1.54, 1.807) is 18.2 Å². The number of amides is 1. The lowest BCUT2D eigenvalue weighted by Crippen LogP contribution is -2.29. The van der Waals surface area contributed by atoms with Gasteiger partial charge in [0.05, 0.1) is 11.5 Å². The number of nitrogens with zero attached hydrogens (tertiary/aromatic N) is 1. The number of nitrogens with one attached hydrogen (secondary N) is 1. The summed E-state index contributed by atoms with van der Waals surface area (Å²) in [6, 6.07) is 15.3. The molecule has 1 fully saturated rings. The van der Waals surface area contributed by atoms with Gasteiger partial charge in [-0.05, 0) is 42.5 Å². The molecule has 1 unspecified atom stereocenters. The van der Waals surface area contributed by atoms with Crippen molar-refractivity contribution in [1.29, 1.82) is 0 Å². The Bertz CT molecular complexity index is 1090. The van der Waals surface area contributed by atoms with E-state index in [-0.39, 0.29) is 23.3 Å². The topological polar surface area (TPSA) is 89.3 Å². The summed E-state index contributed by atoms with van der Waals surface area (Å²) in [5.74, 6) is 0.784. The Hall–Kier alpha value is -2.67. The molecule has 1 atom stereocenters. The molecule has 0 spiro atoms. The second-order valence-corrected chi connectivity index (χ2v) is 9.48. The fourth-order valence-corrected chi connectivity index (χ4v) is 5.35. The van der Waals surface area contributed by atoms with Crippen LogP contribution in [-0.4, -0.2) is 37.4 Å². The minimum Gasteiger partial charge on any atom is -0.441 e. The Morgan fingerprint density at radius 3 is 2.71 bits per heavy atom. The molecule has 0 saturated carbocycles. The maximum Gasteiger partial charge on any atom is 0.251 e. The number of rotatable bonds is 6. The highest BCUT2D eigenvalue weighted by atomic mass is 32.2. The number of oxazole rings is 1. The number of fused-ring (bicyclic) bond motifs is 1. The van der Waals surface area contributed by atoms with Crippen LogP contribution in [0.5, 0.6) is 0 Å². The maximum absolute atomic E-state index is 12.4. The van der Waals surface area contributed by atoms with Crippen molar-refractivity contribution in [3.05, 3.63) is 65.5 Å². The van der Waals surface area contributed by atoms with E-state index < -0.39 is 9.84 Å². The van der Waals surface area contributed by atoms with Crippen LogP contribution < -0.4 is 5.32 Å². The van der Waals surface area contributed by atoms with Gasteiger partial charge in [-0.25, -0.2) is 13.4 Å². The number of benzene rings is 2. The lowest BCUT2D eigenvalue weighted by Gasteiger charge is -2.09. The lowest BCUT2D eigenvalue weighted by atomic mass is 10.1. The van der Waals surface area contributed by atoms with Gasteiger partial charge < -0.3 is 9.73 Å². The third-order valence-corrected chi connectivity index (χ3v) is 6.88.